The summed E-state index contributed by atoms with van der Waals surface area (Å²) in [6.45, 7) is 0. The van der Waals surface area contributed by atoms with Crippen LogP contribution in [0, 0.1) is 0 Å². The van der Waals surface area contributed by atoms with E-state index in [9.17, 15) is 0 Å². The summed E-state index contributed by atoms with van der Waals surface area (Å²) in [7, 11) is -4.67. The van der Waals surface area contributed by atoms with Crippen LogP contribution in [0.4, 0.5) is 0 Å². The molecule has 0 fully saturated rings. The van der Waals surface area contributed by atoms with E-state index < -0.39 is 10.4 Å². The summed E-state index contributed by atoms with van der Waals surface area (Å²) in [5.74, 6) is 0. The van der Waals surface area contributed by atoms with Crippen LogP contribution in [0.5, 0.6) is 0 Å². The van der Waals surface area contributed by atoms with Gasteiger partial charge in [-0.3, -0.25) is 9.11 Å². The van der Waals surface area contributed by atoms with Gasteiger partial charge in [-0.2, -0.15) is 8.42 Å². The van der Waals surface area contributed by atoms with Crippen LogP contribution in [0.1, 0.15) is 0 Å². The Kier molecular flexibility index (Phi) is 10.0. The molecule has 0 spiro atoms. The van der Waals surface area contributed by atoms with Gasteiger partial charge >= 0.3 is 10.4 Å². The van der Waals surface area contributed by atoms with Gasteiger partial charge in [-0.05, 0) is 0 Å². The van der Waals surface area contributed by atoms with Crippen molar-refractivity contribution in [3.05, 3.63) is 6.15 Å². The Balaban J connectivity index is -0.0000000800. The number of rotatable bonds is 0. The molecule has 7 heteroatoms. The molecular formula is H4NNiO4S-. The number of hydrogen-bond acceptors (Lipinski definition) is 2. The van der Waals surface area contributed by atoms with E-state index in [-0.39, 0.29) is 22.6 Å². The maximum Gasteiger partial charge on any atom is 0.394 e. The van der Waals surface area contributed by atoms with Crippen LogP contribution in [0.25, 0.3) is 6.15 Å². The zero-order valence-electron chi connectivity index (χ0n) is 3.01. The molecule has 0 radical (unpaired) electrons. The Morgan fingerprint density at radius 2 is 1.14 bits per heavy atom. The second kappa shape index (κ2) is 4.48. The quantitative estimate of drug-likeness (QED) is 0.398. The molecule has 0 atom stereocenters. The molecule has 0 aromatic rings. The van der Waals surface area contributed by atoms with Crippen molar-refractivity contribution in [3.8, 4) is 0 Å². The third kappa shape index (κ3) is 1130. The zero-order valence-corrected chi connectivity index (χ0v) is 4.82. The molecule has 0 aromatic carbocycles. The van der Waals surface area contributed by atoms with Crippen molar-refractivity contribution in [1.82, 2.24) is 0 Å². The van der Waals surface area contributed by atoms with Crippen LogP contribution < -0.4 is 0 Å². The van der Waals surface area contributed by atoms with Gasteiger partial charge in [0.25, 0.3) is 0 Å². The Bertz CT molecular complexity index is 94.9. The van der Waals surface area contributed by atoms with Crippen LogP contribution in [0.3, 0.4) is 0 Å². The number of nitrogens with two attached hydrogens (primary N) is 1. The fourth-order valence-corrected chi connectivity index (χ4v) is 0. The smallest absolute Gasteiger partial charge is 0.394 e. The van der Waals surface area contributed by atoms with Crippen molar-refractivity contribution in [2.45, 2.75) is 0 Å². The van der Waals surface area contributed by atoms with E-state index >= 15 is 0 Å². The molecule has 7 heavy (non-hydrogen) atoms. The molecule has 0 saturated heterocycles. The van der Waals surface area contributed by atoms with Gasteiger partial charge in [0.2, 0.25) is 0 Å². The van der Waals surface area contributed by atoms with E-state index in [2.05, 4.69) is 0 Å². The normalized spacial score (nSPS) is 8.29. The molecular weight excluding hydrogens is 169 g/mol. The molecule has 0 bridgehead atoms. The number of hydrogen-bond donors (Lipinski definition) is 2. The van der Waals surface area contributed by atoms with E-state index in [0.29, 0.717) is 0 Å². The van der Waals surface area contributed by atoms with Crippen molar-refractivity contribution < 1.29 is 34.0 Å². The molecule has 5 nitrogen and oxygen atoms in total. The summed E-state index contributed by atoms with van der Waals surface area (Å²) >= 11 is 0. The molecule has 0 aliphatic heterocycles. The van der Waals surface area contributed by atoms with Crippen molar-refractivity contribution in [2.75, 3.05) is 0 Å². The van der Waals surface area contributed by atoms with Gasteiger partial charge in [0.1, 0.15) is 0 Å². The maximum absolute atomic E-state index is 8.74. The first-order valence-corrected chi connectivity index (χ1v) is 2.10. The summed E-state index contributed by atoms with van der Waals surface area (Å²) in [5, 5.41) is 0. The maximum atomic E-state index is 8.74. The second-order valence-electron chi connectivity index (χ2n) is 0.448. The Morgan fingerprint density at radius 3 is 1.14 bits per heavy atom. The van der Waals surface area contributed by atoms with E-state index in [4.69, 9.17) is 17.5 Å². The second-order valence-corrected chi connectivity index (χ2v) is 1.34. The molecule has 0 unspecified atom stereocenters. The molecule has 0 rings (SSSR count). The average molecular weight is 173 g/mol. The third-order valence-electron chi connectivity index (χ3n) is 0. The van der Waals surface area contributed by atoms with Crippen LogP contribution in [0.15, 0.2) is 0 Å². The molecule has 0 heterocycles. The van der Waals surface area contributed by atoms with Crippen molar-refractivity contribution in [1.29, 1.82) is 0 Å². The van der Waals surface area contributed by atoms with Gasteiger partial charge in [0.15, 0.2) is 0 Å². The molecule has 50 valence electrons. The molecule has 0 saturated carbocycles. The first-order valence-electron chi connectivity index (χ1n) is 0.698. The van der Waals surface area contributed by atoms with Gasteiger partial charge in [0, 0.05) is 16.5 Å². The Morgan fingerprint density at radius 1 is 1.14 bits per heavy atom. The summed E-state index contributed by atoms with van der Waals surface area (Å²) in [6, 6.07) is 0. The fraction of sp³-hybridized carbons (Fsp3) is 0. The van der Waals surface area contributed by atoms with Gasteiger partial charge in [-0.1, -0.05) is 0 Å². The van der Waals surface area contributed by atoms with E-state index in [1.165, 1.54) is 0 Å². The largest absolute Gasteiger partial charge is 0.693 e. The summed E-state index contributed by atoms with van der Waals surface area (Å²) in [6.07, 6.45) is 0. The molecule has 4 N–H and O–H groups in total. The molecule has 0 amide bonds. The SMILES string of the molecule is O=S(=O)(O)O.[NH2-].[Ni]. The van der Waals surface area contributed by atoms with Crippen LogP contribution in [-0.2, 0) is 26.9 Å². The predicted molar refractivity (Wildman–Crippen MR) is 19.5 cm³/mol. The summed E-state index contributed by atoms with van der Waals surface area (Å²) < 4.78 is 31.6. The third-order valence-corrected chi connectivity index (χ3v) is 0. The zero-order chi connectivity index (χ0) is 4.50. The first-order chi connectivity index (χ1) is 2.00. The predicted octanol–water partition coefficient (Wildman–Crippen LogP) is 0.0618. The average Bonchev–Trinajstić information content (AvgIpc) is 0.722. The monoisotopic (exact) mass is 172 g/mol. The minimum atomic E-state index is -4.67. The van der Waals surface area contributed by atoms with E-state index in [0.717, 1.165) is 0 Å². The fourth-order valence-electron chi connectivity index (χ4n) is 0. The van der Waals surface area contributed by atoms with Crippen LogP contribution >= 0.6 is 0 Å². The minimum Gasteiger partial charge on any atom is -0.693 e. The van der Waals surface area contributed by atoms with E-state index in [1.807, 2.05) is 0 Å². The molecule has 0 aliphatic carbocycles. The van der Waals surface area contributed by atoms with Crippen LogP contribution in [0.2, 0.25) is 0 Å². The van der Waals surface area contributed by atoms with Gasteiger partial charge in [0.05, 0.1) is 0 Å². The van der Waals surface area contributed by atoms with Gasteiger partial charge < -0.3 is 6.15 Å². The topological polar surface area (TPSA) is 108 Å². The van der Waals surface area contributed by atoms with Gasteiger partial charge in [-0.15, -0.1) is 0 Å². The standard InChI is InChI=1S/H2N.Ni.H2O4S/c;;1-5(2,3)4/h1H2;;(H2,1,2,3,4)/q-1;;. The molecule has 0 aromatic heterocycles. The van der Waals surface area contributed by atoms with Crippen molar-refractivity contribution in [2.24, 2.45) is 0 Å². The van der Waals surface area contributed by atoms with Gasteiger partial charge in [-0.25, -0.2) is 0 Å². The molecule has 0 aliphatic rings. The summed E-state index contributed by atoms with van der Waals surface area (Å²) in [4.78, 5) is 0. The van der Waals surface area contributed by atoms with Crippen molar-refractivity contribution in [3.63, 3.8) is 0 Å². The first kappa shape index (κ1) is 15.7. The van der Waals surface area contributed by atoms with Crippen molar-refractivity contribution >= 4 is 10.4 Å². The van der Waals surface area contributed by atoms with E-state index in [1.54, 1.807) is 0 Å². The van der Waals surface area contributed by atoms with Crippen LogP contribution in [-0.4, -0.2) is 17.5 Å². The Hall–Kier alpha value is 0.324. The Labute approximate surface area is 51.2 Å². The minimum absolute atomic E-state index is 0. The summed E-state index contributed by atoms with van der Waals surface area (Å²) in [5.41, 5.74) is 0.